The van der Waals surface area contributed by atoms with Crippen LogP contribution in [0.3, 0.4) is 0 Å². The van der Waals surface area contributed by atoms with Crippen molar-refractivity contribution >= 4 is 5.69 Å². The third-order valence-corrected chi connectivity index (χ3v) is 4.56. The summed E-state index contributed by atoms with van der Waals surface area (Å²) in [4.78, 5) is 4.98. The molecular formula is C19H25N3. The minimum Gasteiger partial charge on any atom is -0.369 e. The highest BCUT2D eigenvalue weighted by Gasteiger charge is 2.24. The van der Waals surface area contributed by atoms with E-state index in [1.165, 1.54) is 16.8 Å². The van der Waals surface area contributed by atoms with Crippen LogP contribution < -0.4 is 10.6 Å². The lowest BCUT2D eigenvalue weighted by Gasteiger charge is -2.40. The van der Waals surface area contributed by atoms with Crippen LogP contribution in [0, 0.1) is 6.92 Å². The molecule has 1 heterocycles. The van der Waals surface area contributed by atoms with Gasteiger partial charge in [0.25, 0.3) is 0 Å². The maximum absolute atomic E-state index is 6.06. The number of aryl methyl sites for hydroxylation is 1. The van der Waals surface area contributed by atoms with Crippen LogP contribution in [0.25, 0.3) is 0 Å². The first kappa shape index (κ1) is 15.1. The summed E-state index contributed by atoms with van der Waals surface area (Å²) in [5.74, 6) is 0. The predicted octanol–water partition coefficient (Wildman–Crippen LogP) is 2.82. The Balaban J connectivity index is 1.65. The molecular weight excluding hydrogens is 270 g/mol. The van der Waals surface area contributed by atoms with Crippen LogP contribution in [0.5, 0.6) is 0 Å². The SMILES string of the molecule is Cc1ccc(C(CN)N2CCN(c3ccccc3)CC2)cc1. The number of benzene rings is 2. The fourth-order valence-electron chi connectivity index (χ4n) is 3.22. The molecule has 2 aromatic rings. The molecule has 22 heavy (non-hydrogen) atoms. The van der Waals surface area contributed by atoms with E-state index in [2.05, 4.69) is 71.3 Å². The standard InChI is InChI=1S/C19H25N3/c1-16-7-9-17(10-8-16)19(15-20)22-13-11-21(12-14-22)18-5-3-2-4-6-18/h2-10,19H,11-15,20H2,1H3. The van der Waals surface area contributed by atoms with E-state index in [9.17, 15) is 0 Å². The van der Waals surface area contributed by atoms with Crippen LogP contribution in [0.15, 0.2) is 54.6 Å². The molecule has 1 unspecified atom stereocenters. The number of anilines is 1. The van der Waals surface area contributed by atoms with Crippen LogP contribution in [-0.4, -0.2) is 37.6 Å². The topological polar surface area (TPSA) is 32.5 Å². The van der Waals surface area contributed by atoms with Crippen molar-refractivity contribution in [2.24, 2.45) is 5.73 Å². The normalized spacial score (nSPS) is 17.5. The van der Waals surface area contributed by atoms with Gasteiger partial charge in [0.15, 0.2) is 0 Å². The smallest absolute Gasteiger partial charge is 0.0471 e. The molecule has 3 rings (SSSR count). The van der Waals surface area contributed by atoms with Gasteiger partial charge in [-0.1, -0.05) is 48.0 Å². The van der Waals surface area contributed by atoms with Crippen molar-refractivity contribution in [2.75, 3.05) is 37.6 Å². The van der Waals surface area contributed by atoms with Crippen LogP contribution >= 0.6 is 0 Å². The summed E-state index contributed by atoms with van der Waals surface area (Å²) in [5.41, 5.74) is 10.0. The molecule has 2 aromatic carbocycles. The van der Waals surface area contributed by atoms with E-state index in [1.54, 1.807) is 0 Å². The minimum atomic E-state index is 0.332. The Hall–Kier alpha value is -1.84. The average Bonchev–Trinajstić information content (AvgIpc) is 2.59. The maximum atomic E-state index is 6.06. The molecule has 1 atom stereocenters. The number of hydrogen-bond donors (Lipinski definition) is 1. The molecule has 1 saturated heterocycles. The number of rotatable bonds is 4. The van der Waals surface area contributed by atoms with Gasteiger partial charge in [0.2, 0.25) is 0 Å². The van der Waals surface area contributed by atoms with Crippen molar-refractivity contribution in [2.45, 2.75) is 13.0 Å². The molecule has 3 nitrogen and oxygen atoms in total. The predicted molar refractivity (Wildman–Crippen MR) is 93.2 cm³/mol. The second-order valence-electron chi connectivity index (χ2n) is 6.02. The van der Waals surface area contributed by atoms with Crippen molar-refractivity contribution < 1.29 is 0 Å². The van der Waals surface area contributed by atoms with Crippen LogP contribution in [-0.2, 0) is 0 Å². The number of hydrogen-bond acceptors (Lipinski definition) is 3. The van der Waals surface area contributed by atoms with Gasteiger partial charge in [-0.3, -0.25) is 4.90 Å². The highest BCUT2D eigenvalue weighted by Crippen LogP contribution is 2.23. The Morgan fingerprint density at radius 1 is 0.909 bits per heavy atom. The lowest BCUT2D eigenvalue weighted by molar-refractivity contribution is 0.190. The fourth-order valence-corrected chi connectivity index (χ4v) is 3.22. The Morgan fingerprint density at radius 3 is 2.14 bits per heavy atom. The van der Waals surface area contributed by atoms with E-state index in [4.69, 9.17) is 5.73 Å². The van der Waals surface area contributed by atoms with E-state index < -0.39 is 0 Å². The molecule has 0 radical (unpaired) electrons. The van der Waals surface area contributed by atoms with Gasteiger partial charge in [0.1, 0.15) is 0 Å². The summed E-state index contributed by atoms with van der Waals surface area (Å²) in [5, 5.41) is 0. The van der Waals surface area contributed by atoms with Gasteiger partial charge in [0.05, 0.1) is 0 Å². The molecule has 3 heteroatoms. The first-order chi connectivity index (χ1) is 10.8. The van der Waals surface area contributed by atoms with Crippen molar-refractivity contribution in [1.29, 1.82) is 0 Å². The summed E-state index contributed by atoms with van der Waals surface area (Å²) in [6.07, 6.45) is 0. The fraction of sp³-hybridized carbons (Fsp3) is 0.368. The first-order valence-corrected chi connectivity index (χ1v) is 8.08. The Bertz CT molecular complexity index is 571. The van der Waals surface area contributed by atoms with Gasteiger partial charge in [-0.2, -0.15) is 0 Å². The summed E-state index contributed by atoms with van der Waals surface area (Å²) >= 11 is 0. The Kier molecular flexibility index (Phi) is 4.76. The summed E-state index contributed by atoms with van der Waals surface area (Å²) in [6.45, 7) is 7.04. The van der Waals surface area contributed by atoms with Gasteiger partial charge >= 0.3 is 0 Å². The molecule has 1 fully saturated rings. The molecule has 2 N–H and O–H groups in total. The van der Waals surface area contributed by atoms with Crippen molar-refractivity contribution in [3.63, 3.8) is 0 Å². The molecule has 1 aliphatic rings. The van der Waals surface area contributed by atoms with E-state index in [-0.39, 0.29) is 0 Å². The van der Waals surface area contributed by atoms with Crippen molar-refractivity contribution in [1.82, 2.24) is 4.90 Å². The summed E-state index contributed by atoms with van der Waals surface area (Å²) in [6, 6.07) is 19.8. The van der Waals surface area contributed by atoms with Gasteiger partial charge in [-0.25, -0.2) is 0 Å². The molecule has 0 saturated carbocycles. The van der Waals surface area contributed by atoms with Gasteiger partial charge in [-0.15, -0.1) is 0 Å². The Labute approximate surface area is 133 Å². The highest BCUT2D eigenvalue weighted by molar-refractivity contribution is 5.46. The van der Waals surface area contributed by atoms with E-state index in [0.717, 1.165) is 26.2 Å². The molecule has 1 aliphatic heterocycles. The van der Waals surface area contributed by atoms with Gasteiger partial charge in [0, 0.05) is 44.5 Å². The first-order valence-electron chi connectivity index (χ1n) is 8.08. The minimum absolute atomic E-state index is 0.332. The number of nitrogens with zero attached hydrogens (tertiary/aromatic N) is 2. The quantitative estimate of drug-likeness (QED) is 0.941. The number of nitrogens with two attached hydrogens (primary N) is 1. The second kappa shape index (κ2) is 6.95. The zero-order chi connectivity index (χ0) is 15.4. The highest BCUT2D eigenvalue weighted by atomic mass is 15.3. The van der Waals surface area contributed by atoms with E-state index >= 15 is 0 Å². The molecule has 0 spiro atoms. The van der Waals surface area contributed by atoms with E-state index in [0.29, 0.717) is 12.6 Å². The maximum Gasteiger partial charge on any atom is 0.0471 e. The zero-order valence-electron chi connectivity index (χ0n) is 13.3. The zero-order valence-corrected chi connectivity index (χ0v) is 13.3. The van der Waals surface area contributed by atoms with Gasteiger partial charge < -0.3 is 10.6 Å². The average molecular weight is 295 g/mol. The van der Waals surface area contributed by atoms with Crippen molar-refractivity contribution in [3.05, 3.63) is 65.7 Å². The third kappa shape index (κ3) is 3.32. The largest absolute Gasteiger partial charge is 0.369 e. The van der Waals surface area contributed by atoms with E-state index in [1.807, 2.05) is 0 Å². The number of piperazine rings is 1. The van der Waals surface area contributed by atoms with Crippen LogP contribution in [0.2, 0.25) is 0 Å². The Morgan fingerprint density at radius 2 is 1.55 bits per heavy atom. The monoisotopic (exact) mass is 295 g/mol. The van der Waals surface area contributed by atoms with Crippen LogP contribution in [0.4, 0.5) is 5.69 Å². The molecule has 0 amide bonds. The van der Waals surface area contributed by atoms with Crippen molar-refractivity contribution in [3.8, 4) is 0 Å². The molecule has 116 valence electrons. The molecule has 0 bridgehead atoms. The summed E-state index contributed by atoms with van der Waals surface area (Å²) < 4.78 is 0. The second-order valence-corrected chi connectivity index (χ2v) is 6.02. The van der Waals surface area contributed by atoms with Crippen LogP contribution in [0.1, 0.15) is 17.2 Å². The molecule has 0 aromatic heterocycles. The van der Waals surface area contributed by atoms with Gasteiger partial charge in [-0.05, 0) is 24.6 Å². The molecule has 0 aliphatic carbocycles. The lowest BCUT2D eigenvalue weighted by Crippen LogP contribution is -2.49. The summed E-state index contributed by atoms with van der Waals surface area (Å²) in [7, 11) is 0. The third-order valence-electron chi connectivity index (χ3n) is 4.56. The number of para-hydroxylation sites is 1. The lowest BCUT2D eigenvalue weighted by atomic mass is 10.0.